The van der Waals surface area contributed by atoms with E-state index in [2.05, 4.69) is 15.3 Å². The maximum Gasteiger partial charge on any atom is 0.261 e. The molecule has 4 aromatic rings. The average molecular weight is 395 g/mol. The average Bonchev–Trinajstić information content (AvgIpc) is 3.13. The zero-order valence-electron chi connectivity index (χ0n) is 14.7. The van der Waals surface area contributed by atoms with E-state index in [1.807, 2.05) is 18.2 Å². The van der Waals surface area contributed by atoms with E-state index in [9.17, 15) is 13.6 Å². The minimum Gasteiger partial charge on any atom is -0.347 e. The van der Waals surface area contributed by atoms with Crippen LogP contribution >= 0.6 is 11.3 Å². The fourth-order valence-electron chi connectivity index (χ4n) is 2.84. The van der Waals surface area contributed by atoms with Gasteiger partial charge in [-0.2, -0.15) is 0 Å². The summed E-state index contributed by atoms with van der Waals surface area (Å²) in [6.45, 7) is 0.421. The summed E-state index contributed by atoms with van der Waals surface area (Å²) in [6, 6.07) is 11.3. The molecular formula is C21H15F2N3OS. The highest BCUT2D eigenvalue weighted by Crippen LogP contribution is 2.25. The summed E-state index contributed by atoms with van der Waals surface area (Å²) in [5.41, 5.74) is 2.49. The van der Waals surface area contributed by atoms with Gasteiger partial charge in [-0.1, -0.05) is 6.07 Å². The van der Waals surface area contributed by atoms with Gasteiger partial charge in [0, 0.05) is 30.5 Å². The molecule has 7 heteroatoms. The van der Waals surface area contributed by atoms with E-state index in [0.717, 1.165) is 27.4 Å². The number of halogens is 2. The lowest BCUT2D eigenvalue weighted by atomic mass is 10.1. The topological polar surface area (TPSA) is 54.9 Å². The minimum atomic E-state index is -0.866. The molecule has 140 valence electrons. The van der Waals surface area contributed by atoms with Crippen molar-refractivity contribution >= 4 is 27.5 Å². The van der Waals surface area contributed by atoms with Crippen LogP contribution in [0.15, 0.2) is 61.1 Å². The van der Waals surface area contributed by atoms with Crippen LogP contribution in [0.5, 0.6) is 0 Å². The summed E-state index contributed by atoms with van der Waals surface area (Å²) in [6.07, 6.45) is 5.48. The Morgan fingerprint density at radius 3 is 2.57 bits per heavy atom. The number of fused-ring (bicyclic) bond motifs is 1. The van der Waals surface area contributed by atoms with Crippen molar-refractivity contribution in [3.63, 3.8) is 0 Å². The standard InChI is InChI=1S/C21H15F2N3OS/c22-17-2-1-14(9-18(17)23)7-15-8-16-10-19(28-21(16)26-12-15)20(27)25-11-13-3-5-24-6-4-13/h1-6,8-10,12H,7,11H2,(H,25,27). The Labute approximate surface area is 163 Å². The zero-order chi connectivity index (χ0) is 19.5. The highest BCUT2D eigenvalue weighted by atomic mass is 32.1. The van der Waals surface area contributed by atoms with Crippen LogP contribution in [-0.4, -0.2) is 15.9 Å². The number of aromatic nitrogens is 2. The van der Waals surface area contributed by atoms with Crippen LogP contribution < -0.4 is 5.32 Å². The van der Waals surface area contributed by atoms with Crippen LogP contribution in [0, 0.1) is 11.6 Å². The van der Waals surface area contributed by atoms with Gasteiger partial charge in [-0.3, -0.25) is 9.78 Å². The normalized spacial score (nSPS) is 10.9. The van der Waals surface area contributed by atoms with Crippen LogP contribution in [0.1, 0.15) is 26.4 Å². The van der Waals surface area contributed by atoms with Crippen molar-refractivity contribution in [3.8, 4) is 0 Å². The van der Waals surface area contributed by atoms with E-state index in [4.69, 9.17) is 0 Å². The number of pyridine rings is 2. The molecule has 0 spiro atoms. The Balaban J connectivity index is 1.49. The highest BCUT2D eigenvalue weighted by molar-refractivity contribution is 7.20. The van der Waals surface area contributed by atoms with Crippen molar-refractivity contribution < 1.29 is 13.6 Å². The quantitative estimate of drug-likeness (QED) is 0.542. The third-order valence-corrected chi connectivity index (χ3v) is 5.30. The third-order valence-electron chi connectivity index (χ3n) is 4.25. The Bertz CT molecular complexity index is 1150. The molecule has 0 aliphatic heterocycles. The van der Waals surface area contributed by atoms with E-state index in [1.54, 1.807) is 30.7 Å². The Hall–Kier alpha value is -3.19. The molecular weight excluding hydrogens is 380 g/mol. The van der Waals surface area contributed by atoms with Crippen LogP contribution in [0.25, 0.3) is 10.2 Å². The number of benzene rings is 1. The number of carbonyl (C=O) groups excluding carboxylic acids is 1. The lowest BCUT2D eigenvalue weighted by Gasteiger charge is -2.02. The number of nitrogens with one attached hydrogen (secondary N) is 1. The number of hydrogen-bond acceptors (Lipinski definition) is 4. The van der Waals surface area contributed by atoms with E-state index in [-0.39, 0.29) is 5.91 Å². The monoisotopic (exact) mass is 395 g/mol. The van der Waals surface area contributed by atoms with Crippen molar-refractivity contribution in [1.82, 2.24) is 15.3 Å². The predicted molar refractivity (Wildman–Crippen MR) is 104 cm³/mol. The molecule has 0 radical (unpaired) electrons. The van der Waals surface area contributed by atoms with Gasteiger partial charge in [-0.25, -0.2) is 13.8 Å². The first-order chi connectivity index (χ1) is 13.6. The van der Waals surface area contributed by atoms with Gasteiger partial charge in [-0.15, -0.1) is 11.3 Å². The molecule has 1 aromatic carbocycles. The first kappa shape index (κ1) is 18.2. The summed E-state index contributed by atoms with van der Waals surface area (Å²) >= 11 is 1.31. The number of nitrogens with zero attached hydrogens (tertiary/aromatic N) is 2. The zero-order valence-corrected chi connectivity index (χ0v) is 15.5. The van der Waals surface area contributed by atoms with Crippen LogP contribution in [0.2, 0.25) is 0 Å². The second kappa shape index (κ2) is 7.82. The summed E-state index contributed by atoms with van der Waals surface area (Å²) in [5, 5.41) is 3.73. The molecule has 0 atom stereocenters. The first-order valence-electron chi connectivity index (χ1n) is 8.58. The van der Waals surface area contributed by atoms with Crippen molar-refractivity contribution in [2.45, 2.75) is 13.0 Å². The van der Waals surface area contributed by atoms with Gasteiger partial charge in [0.1, 0.15) is 4.83 Å². The van der Waals surface area contributed by atoms with Gasteiger partial charge in [0.25, 0.3) is 5.91 Å². The molecule has 1 amide bonds. The molecule has 0 unspecified atom stereocenters. The summed E-state index contributed by atoms with van der Waals surface area (Å²) < 4.78 is 26.5. The van der Waals surface area contributed by atoms with Crippen molar-refractivity contribution in [2.24, 2.45) is 0 Å². The Morgan fingerprint density at radius 1 is 0.964 bits per heavy atom. The number of carbonyl (C=O) groups is 1. The van der Waals surface area contributed by atoms with Gasteiger partial charge in [0.15, 0.2) is 11.6 Å². The maximum atomic E-state index is 13.4. The maximum absolute atomic E-state index is 13.4. The molecule has 3 heterocycles. The first-order valence-corrected chi connectivity index (χ1v) is 9.39. The van der Waals surface area contributed by atoms with E-state index < -0.39 is 11.6 Å². The SMILES string of the molecule is O=C(NCc1ccncc1)c1cc2cc(Cc3ccc(F)c(F)c3)cnc2s1. The molecule has 1 N–H and O–H groups in total. The summed E-state index contributed by atoms with van der Waals surface area (Å²) in [5.74, 6) is -1.89. The van der Waals surface area contributed by atoms with Crippen molar-refractivity contribution in [1.29, 1.82) is 0 Å². The number of thiophene rings is 1. The molecule has 3 aromatic heterocycles. The lowest BCUT2D eigenvalue weighted by Crippen LogP contribution is -2.21. The largest absolute Gasteiger partial charge is 0.347 e. The van der Waals surface area contributed by atoms with Crippen molar-refractivity contribution in [3.05, 3.63) is 94.3 Å². The minimum absolute atomic E-state index is 0.165. The molecule has 0 saturated heterocycles. The lowest BCUT2D eigenvalue weighted by molar-refractivity contribution is 0.0955. The second-order valence-electron chi connectivity index (χ2n) is 6.31. The molecule has 4 nitrogen and oxygen atoms in total. The second-order valence-corrected chi connectivity index (χ2v) is 7.34. The highest BCUT2D eigenvalue weighted by Gasteiger charge is 2.12. The predicted octanol–water partition coefficient (Wildman–Crippen LogP) is 4.49. The van der Waals surface area contributed by atoms with Gasteiger partial charge in [0.05, 0.1) is 4.88 Å². The van der Waals surface area contributed by atoms with Crippen LogP contribution in [-0.2, 0) is 13.0 Å². The van der Waals surface area contributed by atoms with Gasteiger partial charge in [-0.05, 0) is 59.5 Å². The number of hydrogen-bond donors (Lipinski definition) is 1. The number of rotatable bonds is 5. The van der Waals surface area contributed by atoms with Gasteiger partial charge >= 0.3 is 0 Å². The smallest absolute Gasteiger partial charge is 0.261 e. The summed E-state index contributed by atoms with van der Waals surface area (Å²) in [4.78, 5) is 22.1. The van der Waals surface area contributed by atoms with E-state index in [1.165, 1.54) is 17.4 Å². The van der Waals surface area contributed by atoms with Gasteiger partial charge in [0.2, 0.25) is 0 Å². The molecule has 28 heavy (non-hydrogen) atoms. The van der Waals surface area contributed by atoms with Crippen molar-refractivity contribution in [2.75, 3.05) is 0 Å². The Morgan fingerprint density at radius 2 is 1.79 bits per heavy atom. The van der Waals surface area contributed by atoms with E-state index in [0.29, 0.717) is 23.4 Å². The molecule has 4 rings (SSSR count). The van der Waals surface area contributed by atoms with Crippen LogP contribution in [0.3, 0.4) is 0 Å². The molecule has 0 aliphatic rings. The summed E-state index contributed by atoms with van der Waals surface area (Å²) in [7, 11) is 0. The van der Waals surface area contributed by atoms with E-state index >= 15 is 0 Å². The fraction of sp³-hybridized carbons (Fsp3) is 0.0952. The Kier molecular flexibility index (Phi) is 5.08. The number of amides is 1. The van der Waals surface area contributed by atoms with Crippen LogP contribution in [0.4, 0.5) is 8.78 Å². The molecule has 0 fully saturated rings. The molecule has 0 bridgehead atoms. The third kappa shape index (κ3) is 4.04. The fourth-order valence-corrected chi connectivity index (χ4v) is 3.74. The van der Waals surface area contributed by atoms with Gasteiger partial charge < -0.3 is 5.32 Å². The molecule has 0 saturated carbocycles. The molecule has 0 aliphatic carbocycles.